The number of rotatable bonds is 8. The average Bonchev–Trinajstić information content (AvgIpc) is 3.33. The molecule has 0 atom stereocenters. The highest BCUT2D eigenvalue weighted by atomic mass is 32.2. The zero-order valence-electron chi connectivity index (χ0n) is 19.9. The molecule has 0 radical (unpaired) electrons. The molecular formula is C26H36N4O2S. The van der Waals surface area contributed by atoms with E-state index in [1.165, 1.54) is 0 Å². The molecular weight excluding hydrogens is 432 g/mol. The Morgan fingerprint density at radius 3 is 2.33 bits per heavy atom. The van der Waals surface area contributed by atoms with Crippen molar-refractivity contribution in [3.05, 3.63) is 71.9 Å². The summed E-state index contributed by atoms with van der Waals surface area (Å²) in [6.45, 7) is 8.17. The van der Waals surface area contributed by atoms with E-state index in [2.05, 4.69) is 21.6 Å². The normalized spacial score (nSPS) is 14.7. The Kier molecular flexibility index (Phi) is 9.23. The second-order valence-corrected chi connectivity index (χ2v) is 10.0. The number of piperidine rings is 1. The minimum atomic E-state index is -3.53. The number of nitrogens with zero attached hydrogens (tertiary/aromatic N) is 2. The van der Waals surface area contributed by atoms with Crippen LogP contribution in [0.2, 0.25) is 0 Å². The van der Waals surface area contributed by atoms with Crippen LogP contribution in [0.3, 0.4) is 0 Å². The second kappa shape index (κ2) is 12.1. The maximum Gasteiger partial charge on any atom is 0.243 e. The fraction of sp³-hybridized carbons (Fsp3) is 0.423. The number of aryl methyl sites for hydroxylation is 2. The van der Waals surface area contributed by atoms with Crippen molar-refractivity contribution >= 4 is 10.0 Å². The van der Waals surface area contributed by atoms with E-state index < -0.39 is 10.0 Å². The second-order valence-electron chi connectivity index (χ2n) is 8.16. The highest BCUT2D eigenvalue weighted by molar-refractivity contribution is 7.89. The molecule has 3 aromatic rings. The van der Waals surface area contributed by atoms with Crippen LogP contribution in [-0.2, 0) is 16.4 Å². The Morgan fingerprint density at radius 2 is 1.67 bits per heavy atom. The monoisotopic (exact) mass is 468 g/mol. The number of nitrogens with one attached hydrogen (secondary N) is 2. The van der Waals surface area contributed by atoms with Gasteiger partial charge in [0.05, 0.1) is 10.6 Å². The minimum Gasteiger partial charge on any atom is -0.317 e. The highest BCUT2D eigenvalue weighted by Crippen LogP contribution is 2.24. The third-order valence-electron chi connectivity index (χ3n) is 5.87. The van der Waals surface area contributed by atoms with Crippen LogP contribution in [0.1, 0.15) is 44.4 Å². The van der Waals surface area contributed by atoms with Crippen molar-refractivity contribution in [1.29, 1.82) is 0 Å². The Bertz CT molecular complexity index is 1070. The lowest BCUT2D eigenvalue weighted by molar-refractivity contribution is 0.260. The zero-order chi connectivity index (χ0) is 23.7. The maximum atomic E-state index is 13.5. The number of sulfonamides is 1. The topological polar surface area (TPSA) is 78.1 Å². The van der Waals surface area contributed by atoms with E-state index in [9.17, 15) is 8.42 Å². The lowest BCUT2D eigenvalue weighted by Crippen LogP contribution is -2.46. The van der Waals surface area contributed by atoms with Crippen LogP contribution in [-0.4, -0.2) is 48.6 Å². The first-order valence-corrected chi connectivity index (χ1v) is 13.4. The van der Waals surface area contributed by atoms with Gasteiger partial charge < -0.3 is 5.32 Å². The van der Waals surface area contributed by atoms with Crippen molar-refractivity contribution in [2.24, 2.45) is 0 Å². The number of hydrogen-bond donors (Lipinski definition) is 2. The molecule has 1 saturated heterocycles. The minimum absolute atomic E-state index is 0.0363. The van der Waals surface area contributed by atoms with E-state index in [4.69, 9.17) is 0 Å². The molecule has 0 aliphatic carbocycles. The number of aromatic nitrogens is 2. The van der Waals surface area contributed by atoms with E-state index in [1.54, 1.807) is 16.4 Å². The van der Waals surface area contributed by atoms with Crippen molar-refractivity contribution in [1.82, 2.24) is 19.8 Å². The molecule has 0 bridgehead atoms. The van der Waals surface area contributed by atoms with Crippen LogP contribution >= 0.6 is 0 Å². The summed E-state index contributed by atoms with van der Waals surface area (Å²) in [7, 11) is -3.53. The molecule has 0 spiro atoms. The van der Waals surface area contributed by atoms with Gasteiger partial charge in [0.25, 0.3) is 0 Å². The fourth-order valence-electron chi connectivity index (χ4n) is 4.11. The first kappa shape index (κ1) is 25.1. The third-order valence-corrected chi connectivity index (χ3v) is 7.83. The molecule has 0 unspecified atom stereocenters. The molecule has 1 aliphatic rings. The van der Waals surface area contributed by atoms with Crippen LogP contribution in [0.5, 0.6) is 0 Å². The van der Waals surface area contributed by atoms with Gasteiger partial charge in [-0.2, -0.15) is 9.40 Å². The number of benzene rings is 2. The van der Waals surface area contributed by atoms with Crippen LogP contribution in [0, 0.1) is 6.92 Å². The zero-order valence-corrected chi connectivity index (χ0v) is 20.7. The predicted octanol–water partition coefficient (Wildman–Crippen LogP) is 4.79. The summed E-state index contributed by atoms with van der Waals surface area (Å²) in [6, 6.07) is 19.3. The fourth-order valence-corrected chi connectivity index (χ4v) is 5.83. The van der Waals surface area contributed by atoms with Crippen LogP contribution in [0.4, 0.5) is 0 Å². The van der Waals surface area contributed by atoms with Crippen molar-refractivity contribution < 1.29 is 8.42 Å². The van der Waals surface area contributed by atoms with Gasteiger partial charge in [0.1, 0.15) is 0 Å². The van der Waals surface area contributed by atoms with Crippen molar-refractivity contribution in [3.63, 3.8) is 0 Å². The lowest BCUT2D eigenvalue weighted by Gasteiger charge is -2.33. The van der Waals surface area contributed by atoms with Gasteiger partial charge in [-0.25, -0.2) is 8.42 Å². The molecule has 2 aromatic carbocycles. The molecule has 178 valence electrons. The van der Waals surface area contributed by atoms with E-state index in [1.807, 2.05) is 63.2 Å². The van der Waals surface area contributed by atoms with Crippen molar-refractivity contribution in [2.75, 3.05) is 19.6 Å². The van der Waals surface area contributed by atoms with Gasteiger partial charge in [-0.15, -0.1) is 0 Å². The Hall–Kier alpha value is -2.48. The first-order chi connectivity index (χ1) is 16.0. The van der Waals surface area contributed by atoms with Gasteiger partial charge in [-0.3, -0.25) is 5.10 Å². The summed E-state index contributed by atoms with van der Waals surface area (Å²) >= 11 is 0. The smallest absolute Gasteiger partial charge is 0.243 e. The standard InChI is InChI=1S/C24H30N4O2S.C2H6/c1-19-9-11-23(12-10-19)31(29,30)28(22-13-15-25-16-14-22)17-5-8-21-18-24(27-26-21)20-6-3-2-4-7-20;1-2/h2-4,6-7,9-12,18,22,25H,5,8,13-17H2,1H3,(H,26,27);1-2H3. The lowest BCUT2D eigenvalue weighted by atomic mass is 10.1. The molecule has 2 N–H and O–H groups in total. The van der Waals surface area contributed by atoms with E-state index in [-0.39, 0.29) is 6.04 Å². The van der Waals surface area contributed by atoms with Crippen molar-refractivity contribution in [3.8, 4) is 11.3 Å². The first-order valence-electron chi connectivity index (χ1n) is 11.9. The molecule has 0 saturated carbocycles. The maximum absolute atomic E-state index is 13.5. The van der Waals surface area contributed by atoms with Gasteiger partial charge in [0, 0.05) is 23.8 Å². The SMILES string of the molecule is CC.Cc1ccc(S(=O)(=O)N(CCCc2cc(-c3ccccc3)n[nH]2)C2CCNCC2)cc1. The summed E-state index contributed by atoms with van der Waals surface area (Å²) in [5.74, 6) is 0. The van der Waals surface area contributed by atoms with Gasteiger partial charge in [0.15, 0.2) is 0 Å². The molecule has 6 nitrogen and oxygen atoms in total. The summed E-state index contributed by atoms with van der Waals surface area (Å²) in [5, 5.41) is 10.9. The Morgan fingerprint density at radius 1 is 1.00 bits per heavy atom. The molecule has 7 heteroatoms. The largest absolute Gasteiger partial charge is 0.317 e. The molecule has 1 aromatic heterocycles. The average molecular weight is 469 g/mol. The number of hydrogen-bond acceptors (Lipinski definition) is 4. The molecule has 2 heterocycles. The van der Waals surface area contributed by atoms with Crippen molar-refractivity contribution in [2.45, 2.75) is 57.4 Å². The summed E-state index contributed by atoms with van der Waals surface area (Å²) in [5.41, 5.74) is 4.07. The summed E-state index contributed by atoms with van der Waals surface area (Å²) < 4.78 is 28.6. The third kappa shape index (κ3) is 6.53. The van der Waals surface area contributed by atoms with Crippen LogP contribution in [0.25, 0.3) is 11.3 Å². The Labute approximate surface area is 198 Å². The van der Waals surface area contributed by atoms with E-state index >= 15 is 0 Å². The molecule has 33 heavy (non-hydrogen) atoms. The summed E-state index contributed by atoms with van der Waals surface area (Å²) in [6.07, 6.45) is 3.18. The molecule has 4 rings (SSSR count). The van der Waals surface area contributed by atoms with E-state index in [0.717, 1.165) is 61.3 Å². The Balaban J connectivity index is 0.00000149. The van der Waals surface area contributed by atoms with Crippen LogP contribution in [0.15, 0.2) is 65.6 Å². The number of H-pyrrole nitrogens is 1. The quantitative estimate of drug-likeness (QED) is 0.498. The molecule has 1 aliphatic heterocycles. The van der Waals surface area contributed by atoms with Crippen LogP contribution < -0.4 is 5.32 Å². The molecule has 0 amide bonds. The highest BCUT2D eigenvalue weighted by Gasteiger charge is 2.31. The van der Waals surface area contributed by atoms with Gasteiger partial charge >= 0.3 is 0 Å². The molecule has 1 fully saturated rings. The van der Waals surface area contributed by atoms with Gasteiger partial charge in [-0.1, -0.05) is 61.9 Å². The van der Waals surface area contributed by atoms with Gasteiger partial charge in [-0.05, 0) is 63.9 Å². The van der Waals surface area contributed by atoms with Gasteiger partial charge in [0.2, 0.25) is 10.0 Å². The predicted molar refractivity (Wildman–Crippen MR) is 135 cm³/mol. The van der Waals surface area contributed by atoms with E-state index in [0.29, 0.717) is 11.4 Å². The number of aromatic amines is 1. The summed E-state index contributed by atoms with van der Waals surface area (Å²) in [4.78, 5) is 0.379.